The van der Waals surface area contributed by atoms with E-state index in [1.807, 2.05) is 18.6 Å². The molecule has 0 amide bonds. The molecule has 0 fully saturated rings. The Bertz CT molecular complexity index is 842. The van der Waals surface area contributed by atoms with E-state index in [2.05, 4.69) is 61.0 Å². The zero-order valence-electron chi connectivity index (χ0n) is 14.4. The van der Waals surface area contributed by atoms with Gasteiger partial charge in [-0.1, -0.05) is 30.3 Å². The fraction of sp³-hybridized carbons (Fsp3) is 0.316. The van der Waals surface area contributed by atoms with Crippen molar-refractivity contribution < 1.29 is 0 Å². The summed E-state index contributed by atoms with van der Waals surface area (Å²) in [5.41, 5.74) is 4.71. The maximum absolute atomic E-state index is 4.45. The molecule has 1 aromatic carbocycles. The fourth-order valence-electron chi connectivity index (χ4n) is 3.27. The van der Waals surface area contributed by atoms with E-state index in [0.717, 1.165) is 44.1 Å². The number of anilines is 1. The molecule has 0 atom stereocenters. The van der Waals surface area contributed by atoms with E-state index in [4.69, 9.17) is 0 Å². The van der Waals surface area contributed by atoms with Gasteiger partial charge in [-0.15, -0.1) is 0 Å². The van der Waals surface area contributed by atoms with Crippen molar-refractivity contribution in [2.24, 2.45) is 0 Å². The van der Waals surface area contributed by atoms with Gasteiger partial charge in [0, 0.05) is 38.2 Å². The average Bonchev–Trinajstić information content (AvgIpc) is 3.11. The van der Waals surface area contributed by atoms with Crippen LogP contribution in [0.15, 0.2) is 49.2 Å². The number of hydrogen-bond donors (Lipinski definition) is 1. The first kappa shape index (κ1) is 15.8. The Kier molecular flexibility index (Phi) is 4.43. The Morgan fingerprint density at radius 2 is 2.04 bits per heavy atom. The first-order chi connectivity index (χ1) is 12.3. The van der Waals surface area contributed by atoms with Crippen molar-refractivity contribution in [3.8, 4) is 11.3 Å². The third kappa shape index (κ3) is 3.39. The van der Waals surface area contributed by atoms with Crippen LogP contribution in [0.5, 0.6) is 0 Å². The van der Waals surface area contributed by atoms with Gasteiger partial charge in [0.1, 0.15) is 12.1 Å². The predicted molar refractivity (Wildman–Crippen MR) is 98.2 cm³/mol. The Balaban J connectivity index is 1.45. The first-order valence-electron chi connectivity index (χ1n) is 8.62. The zero-order chi connectivity index (χ0) is 17.1. The molecule has 3 aromatic rings. The van der Waals surface area contributed by atoms with Crippen molar-refractivity contribution in [3.05, 3.63) is 60.4 Å². The van der Waals surface area contributed by atoms with Crippen molar-refractivity contribution in [1.82, 2.24) is 24.4 Å². The van der Waals surface area contributed by atoms with Gasteiger partial charge >= 0.3 is 0 Å². The van der Waals surface area contributed by atoms with Crippen molar-refractivity contribution in [3.63, 3.8) is 0 Å². The second-order valence-corrected chi connectivity index (χ2v) is 6.40. The maximum Gasteiger partial charge on any atom is 0.134 e. The van der Waals surface area contributed by atoms with Gasteiger partial charge in [0.2, 0.25) is 0 Å². The molecule has 0 aliphatic carbocycles. The van der Waals surface area contributed by atoms with E-state index in [9.17, 15) is 0 Å². The molecule has 1 N–H and O–H groups in total. The third-order valence-corrected chi connectivity index (χ3v) is 4.62. The van der Waals surface area contributed by atoms with Crippen LogP contribution in [0.4, 0.5) is 5.82 Å². The molecule has 0 saturated carbocycles. The topological polar surface area (TPSA) is 58.9 Å². The minimum atomic E-state index is 0.795. The molecule has 2 aromatic heterocycles. The van der Waals surface area contributed by atoms with E-state index in [1.54, 1.807) is 6.33 Å². The van der Waals surface area contributed by atoms with Gasteiger partial charge in [0.15, 0.2) is 0 Å². The molecule has 25 heavy (non-hydrogen) atoms. The van der Waals surface area contributed by atoms with Crippen LogP contribution in [-0.4, -0.2) is 44.6 Å². The quantitative estimate of drug-likeness (QED) is 0.777. The molecule has 0 radical (unpaired) electrons. The molecule has 128 valence electrons. The van der Waals surface area contributed by atoms with Crippen LogP contribution < -0.4 is 5.32 Å². The number of likely N-dealkylation sites (N-methyl/N-ethyl adjacent to an activating group) is 1. The summed E-state index contributed by atoms with van der Waals surface area (Å²) < 4.78 is 2.17. The smallest absolute Gasteiger partial charge is 0.134 e. The lowest BCUT2D eigenvalue weighted by atomic mass is 10.1. The predicted octanol–water partition coefficient (Wildman–Crippen LogP) is 2.44. The second-order valence-electron chi connectivity index (χ2n) is 6.40. The SMILES string of the molecule is CN1CCc2ncnc(NCCn3cncc3-c3ccccc3)c2C1. The Hall–Kier alpha value is -2.73. The number of hydrogen-bond acceptors (Lipinski definition) is 5. The summed E-state index contributed by atoms with van der Waals surface area (Å²) in [5.74, 6) is 0.956. The van der Waals surface area contributed by atoms with Crippen LogP contribution in [-0.2, 0) is 19.5 Å². The van der Waals surface area contributed by atoms with Crippen molar-refractivity contribution >= 4 is 5.82 Å². The molecule has 0 spiro atoms. The average molecular weight is 334 g/mol. The number of rotatable bonds is 5. The molecule has 0 unspecified atom stereocenters. The first-order valence-corrected chi connectivity index (χ1v) is 8.62. The highest BCUT2D eigenvalue weighted by Gasteiger charge is 2.18. The van der Waals surface area contributed by atoms with Crippen LogP contribution in [0.1, 0.15) is 11.3 Å². The summed E-state index contributed by atoms with van der Waals surface area (Å²) in [5, 5.41) is 3.48. The number of benzene rings is 1. The number of nitrogens with zero attached hydrogens (tertiary/aromatic N) is 5. The van der Waals surface area contributed by atoms with E-state index in [0.29, 0.717) is 0 Å². The Labute approximate surface area is 147 Å². The van der Waals surface area contributed by atoms with Crippen LogP contribution in [0.3, 0.4) is 0 Å². The number of fused-ring (bicyclic) bond motifs is 1. The summed E-state index contributed by atoms with van der Waals surface area (Å²) in [7, 11) is 2.14. The van der Waals surface area contributed by atoms with Gasteiger partial charge in [-0.05, 0) is 12.6 Å². The number of nitrogens with one attached hydrogen (secondary N) is 1. The molecule has 1 aliphatic rings. The highest BCUT2D eigenvalue weighted by molar-refractivity contribution is 5.58. The molecular formula is C19H22N6. The summed E-state index contributed by atoms with van der Waals surface area (Å²) in [4.78, 5) is 15.5. The van der Waals surface area contributed by atoms with Gasteiger partial charge in [-0.25, -0.2) is 15.0 Å². The van der Waals surface area contributed by atoms with Gasteiger partial charge in [0.05, 0.1) is 23.9 Å². The van der Waals surface area contributed by atoms with Crippen molar-refractivity contribution in [2.45, 2.75) is 19.5 Å². The number of imidazole rings is 1. The molecule has 6 nitrogen and oxygen atoms in total. The lowest BCUT2D eigenvalue weighted by Crippen LogP contribution is -2.28. The fourth-order valence-corrected chi connectivity index (χ4v) is 3.27. The summed E-state index contributed by atoms with van der Waals surface area (Å²) >= 11 is 0. The van der Waals surface area contributed by atoms with E-state index in [1.165, 1.54) is 16.8 Å². The van der Waals surface area contributed by atoms with Gasteiger partial charge in [-0.3, -0.25) is 0 Å². The largest absolute Gasteiger partial charge is 0.368 e. The van der Waals surface area contributed by atoms with Gasteiger partial charge in [-0.2, -0.15) is 0 Å². The molecule has 3 heterocycles. The second kappa shape index (κ2) is 7.03. The monoisotopic (exact) mass is 334 g/mol. The molecule has 0 saturated heterocycles. The van der Waals surface area contributed by atoms with Crippen molar-refractivity contribution in [2.75, 3.05) is 25.5 Å². The zero-order valence-corrected chi connectivity index (χ0v) is 14.4. The minimum absolute atomic E-state index is 0.795. The molecule has 0 bridgehead atoms. The van der Waals surface area contributed by atoms with Crippen LogP contribution in [0.2, 0.25) is 0 Å². The molecule has 1 aliphatic heterocycles. The van der Waals surface area contributed by atoms with Gasteiger partial charge in [0.25, 0.3) is 0 Å². The minimum Gasteiger partial charge on any atom is -0.368 e. The molecule has 6 heteroatoms. The van der Waals surface area contributed by atoms with E-state index >= 15 is 0 Å². The van der Waals surface area contributed by atoms with Crippen molar-refractivity contribution in [1.29, 1.82) is 0 Å². The number of aromatic nitrogens is 4. The maximum atomic E-state index is 4.45. The Morgan fingerprint density at radius 3 is 2.92 bits per heavy atom. The lowest BCUT2D eigenvalue weighted by Gasteiger charge is -2.25. The lowest BCUT2D eigenvalue weighted by molar-refractivity contribution is 0.310. The standard InChI is InChI=1S/C19H22N6/c1-24-9-7-17-16(12-24)19(23-13-22-17)21-8-10-25-14-20-11-18(25)15-5-3-2-4-6-15/h2-6,11,13-14H,7-10,12H2,1H3,(H,21,22,23). The summed E-state index contributed by atoms with van der Waals surface area (Å²) in [6, 6.07) is 10.3. The highest BCUT2D eigenvalue weighted by Crippen LogP contribution is 2.22. The highest BCUT2D eigenvalue weighted by atomic mass is 15.1. The van der Waals surface area contributed by atoms with Gasteiger partial charge < -0.3 is 14.8 Å². The Morgan fingerprint density at radius 1 is 1.16 bits per heavy atom. The molecular weight excluding hydrogens is 312 g/mol. The van der Waals surface area contributed by atoms with E-state index < -0.39 is 0 Å². The van der Waals surface area contributed by atoms with Crippen LogP contribution >= 0.6 is 0 Å². The van der Waals surface area contributed by atoms with E-state index in [-0.39, 0.29) is 0 Å². The molecule has 4 rings (SSSR count). The van der Waals surface area contributed by atoms with Crippen LogP contribution in [0.25, 0.3) is 11.3 Å². The third-order valence-electron chi connectivity index (χ3n) is 4.62. The van der Waals surface area contributed by atoms with Crippen LogP contribution in [0, 0.1) is 0 Å². The summed E-state index contributed by atoms with van der Waals surface area (Å²) in [6.07, 6.45) is 6.45. The summed E-state index contributed by atoms with van der Waals surface area (Å²) in [6.45, 7) is 3.58. The normalized spacial score (nSPS) is 14.3.